The molecular formula is C29H46O2. The average Bonchev–Trinajstić information content (AvgIpc) is 2.68. The molecule has 0 saturated heterocycles. The Morgan fingerprint density at radius 2 is 1.61 bits per heavy atom. The number of hydrogen-bond donors (Lipinski definition) is 1. The lowest BCUT2D eigenvalue weighted by Crippen LogP contribution is -2.66. The van der Waals surface area contributed by atoms with Gasteiger partial charge in [0.2, 0.25) is 0 Å². The first-order chi connectivity index (χ1) is 14.3. The second kappa shape index (κ2) is 6.49. The maximum Gasteiger partial charge on any atom is 0.159 e. The molecule has 1 N–H and O–H groups in total. The van der Waals surface area contributed by atoms with E-state index in [1.54, 1.807) is 0 Å². The Hall–Kier alpha value is -0.630. The molecule has 4 fully saturated rings. The molecule has 5 aliphatic rings. The molecule has 0 bridgehead atoms. The van der Waals surface area contributed by atoms with Crippen molar-refractivity contribution in [1.82, 2.24) is 0 Å². The fraction of sp³-hybridized carbons (Fsp3) is 0.897. The molecule has 0 aromatic heterocycles. The zero-order chi connectivity index (χ0) is 22.6. The molecular weight excluding hydrogens is 380 g/mol. The monoisotopic (exact) mass is 426 g/mol. The van der Waals surface area contributed by atoms with E-state index in [2.05, 4.69) is 54.5 Å². The average molecular weight is 427 g/mol. The number of rotatable bonds is 0. The van der Waals surface area contributed by atoms with E-state index in [-0.39, 0.29) is 33.7 Å². The molecule has 0 radical (unpaired) electrons. The summed E-state index contributed by atoms with van der Waals surface area (Å²) in [7, 11) is 0. The largest absolute Gasteiger partial charge is 0.393 e. The van der Waals surface area contributed by atoms with Gasteiger partial charge in [-0.25, -0.2) is 0 Å². The van der Waals surface area contributed by atoms with Gasteiger partial charge >= 0.3 is 0 Å². The zero-order valence-corrected chi connectivity index (χ0v) is 21.2. The maximum absolute atomic E-state index is 14.1. The summed E-state index contributed by atoms with van der Waals surface area (Å²) in [6.45, 7) is 16.9. The van der Waals surface area contributed by atoms with Gasteiger partial charge < -0.3 is 5.11 Å². The Morgan fingerprint density at radius 1 is 0.903 bits per heavy atom. The molecule has 2 nitrogen and oxygen atoms in total. The lowest BCUT2D eigenvalue weighted by Gasteiger charge is -2.70. The topological polar surface area (TPSA) is 37.3 Å². The second-order valence-corrected chi connectivity index (χ2v) is 14.2. The van der Waals surface area contributed by atoms with E-state index in [4.69, 9.17) is 0 Å². The van der Waals surface area contributed by atoms with Crippen LogP contribution in [0.25, 0.3) is 0 Å². The molecule has 5 aliphatic carbocycles. The fourth-order valence-electron chi connectivity index (χ4n) is 10.2. The number of aliphatic hydroxyl groups excluding tert-OH is 1. The molecule has 9 unspecified atom stereocenters. The van der Waals surface area contributed by atoms with Crippen LogP contribution in [-0.4, -0.2) is 17.0 Å². The molecule has 0 aliphatic heterocycles. The van der Waals surface area contributed by atoms with Gasteiger partial charge in [-0.2, -0.15) is 0 Å². The van der Waals surface area contributed by atoms with Gasteiger partial charge in [-0.1, -0.05) is 60.5 Å². The van der Waals surface area contributed by atoms with Crippen LogP contribution in [0.5, 0.6) is 0 Å². The minimum Gasteiger partial charge on any atom is -0.393 e. The SMILES string of the molecule is CC1CCC2(C)CCC3(C)C(=CC(=O)C4C5(C)CCC(O)C(C)(C)C5CCC43C)C2C1. The van der Waals surface area contributed by atoms with Crippen molar-refractivity contribution in [2.75, 3.05) is 0 Å². The molecule has 174 valence electrons. The summed E-state index contributed by atoms with van der Waals surface area (Å²) in [6, 6.07) is 0. The molecule has 0 spiro atoms. The van der Waals surface area contributed by atoms with Gasteiger partial charge in [-0.15, -0.1) is 0 Å². The van der Waals surface area contributed by atoms with Crippen LogP contribution in [0.3, 0.4) is 0 Å². The first kappa shape index (κ1) is 22.2. The summed E-state index contributed by atoms with van der Waals surface area (Å²) in [5.74, 6) is 2.32. The lowest BCUT2D eigenvalue weighted by molar-refractivity contribution is -0.201. The maximum atomic E-state index is 14.1. The van der Waals surface area contributed by atoms with Gasteiger partial charge in [0.05, 0.1) is 6.10 Å². The smallest absolute Gasteiger partial charge is 0.159 e. The molecule has 0 heterocycles. The van der Waals surface area contributed by atoms with Gasteiger partial charge in [-0.3, -0.25) is 4.79 Å². The minimum atomic E-state index is -0.241. The highest BCUT2D eigenvalue weighted by Crippen LogP contribution is 2.74. The van der Waals surface area contributed by atoms with Crippen LogP contribution in [0, 0.1) is 50.7 Å². The van der Waals surface area contributed by atoms with Crippen LogP contribution >= 0.6 is 0 Å². The van der Waals surface area contributed by atoms with Crippen LogP contribution in [-0.2, 0) is 4.79 Å². The molecule has 9 atom stereocenters. The first-order valence-corrected chi connectivity index (χ1v) is 13.2. The summed E-state index contributed by atoms with van der Waals surface area (Å²) in [4.78, 5) is 14.1. The Labute approximate surface area is 190 Å². The summed E-state index contributed by atoms with van der Waals surface area (Å²) < 4.78 is 0. The van der Waals surface area contributed by atoms with Crippen LogP contribution < -0.4 is 0 Å². The van der Waals surface area contributed by atoms with Crippen LogP contribution in [0.2, 0.25) is 0 Å². The van der Waals surface area contributed by atoms with Crippen molar-refractivity contribution < 1.29 is 9.90 Å². The highest BCUT2D eigenvalue weighted by atomic mass is 16.3. The number of carbonyl (C=O) groups excluding carboxylic acids is 1. The Kier molecular flexibility index (Phi) is 4.64. The Morgan fingerprint density at radius 3 is 2.32 bits per heavy atom. The van der Waals surface area contributed by atoms with Crippen molar-refractivity contribution in [3.63, 3.8) is 0 Å². The van der Waals surface area contributed by atoms with Gasteiger partial charge in [0.1, 0.15) is 0 Å². The highest BCUT2D eigenvalue weighted by Gasteiger charge is 2.69. The van der Waals surface area contributed by atoms with Crippen molar-refractivity contribution in [3.05, 3.63) is 11.6 Å². The predicted molar refractivity (Wildman–Crippen MR) is 126 cm³/mol. The Balaban J connectivity index is 1.63. The van der Waals surface area contributed by atoms with E-state index in [0.717, 1.165) is 31.6 Å². The summed E-state index contributed by atoms with van der Waals surface area (Å²) in [5.41, 5.74) is 2.00. The number of fused-ring (bicyclic) bond motifs is 7. The van der Waals surface area contributed by atoms with E-state index in [0.29, 0.717) is 23.0 Å². The number of aliphatic hydroxyl groups is 1. The molecule has 0 aromatic carbocycles. The number of hydrogen-bond acceptors (Lipinski definition) is 2. The molecule has 0 aromatic rings. The molecule has 0 amide bonds. The third-order valence-electron chi connectivity index (χ3n) is 12.5. The van der Waals surface area contributed by atoms with Gasteiger partial charge in [0, 0.05) is 5.92 Å². The van der Waals surface area contributed by atoms with Crippen molar-refractivity contribution in [3.8, 4) is 0 Å². The fourth-order valence-corrected chi connectivity index (χ4v) is 10.2. The Bertz CT molecular complexity index is 825. The van der Waals surface area contributed by atoms with Crippen LogP contribution in [0.15, 0.2) is 11.6 Å². The first-order valence-electron chi connectivity index (χ1n) is 13.2. The zero-order valence-electron chi connectivity index (χ0n) is 21.2. The second-order valence-electron chi connectivity index (χ2n) is 14.2. The normalized spacial score (nSPS) is 55.9. The summed E-state index contributed by atoms with van der Waals surface area (Å²) in [6.07, 6.45) is 12.6. The van der Waals surface area contributed by atoms with Gasteiger partial charge in [-0.05, 0) is 102 Å². The quantitative estimate of drug-likeness (QED) is 0.454. The lowest BCUT2D eigenvalue weighted by atomic mass is 9.33. The van der Waals surface area contributed by atoms with Crippen molar-refractivity contribution >= 4 is 5.78 Å². The van der Waals surface area contributed by atoms with Crippen molar-refractivity contribution in [1.29, 1.82) is 0 Å². The summed E-state index contributed by atoms with van der Waals surface area (Å²) in [5, 5.41) is 10.8. The van der Waals surface area contributed by atoms with Gasteiger partial charge in [0.25, 0.3) is 0 Å². The molecule has 5 rings (SSSR count). The van der Waals surface area contributed by atoms with Crippen molar-refractivity contribution in [2.45, 2.75) is 112 Å². The van der Waals surface area contributed by atoms with Crippen molar-refractivity contribution in [2.24, 2.45) is 50.7 Å². The van der Waals surface area contributed by atoms with E-state index >= 15 is 0 Å². The van der Waals surface area contributed by atoms with E-state index in [1.807, 2.05) is 0 Å². The third kappa shape index (κ3) is 2.64. The van der Waals surface area contributed by atoms with Crippen LogP contribution in [0.1, 0.15) is 106 Å². The molecule has 4 saturated carbocycles. The van der Waals surface area contributed by atoms with E-state index in [1.165, 1.54) is 37.7 Å². The number of ketones is 1. The molecule has 31 heavy (non-hydrogen) atoms. The minimum absolute atomic E-state index is 0.00153. The van der Waals surface area contributed by atoms with E-state index < -0.39 is 0 Å². The predicted octanol–water partition coefficient (Wildman–Crippen LogP) is 6.96. The van der Waals surface area contributed by atoms with E-state index in [9.17, 15) is 9.90 Å². The standard InChI is InChI=1S/C29H46O2/c1-18-8-11-26(4)14-15-28(6)20(19(26)16-18)17-21(30)24-27(5)12-10-23(31)25(2,3)22(27)9-13-29(24,28)7/h17-19,22-24,31H,8-16H2,1-7H3. The third-order valence-corrected chi connectivity index (χ3v) is 12.5. The molecule has 2 heteroatoms. The highest BCUT2D eigenvalue weighted by molar-refractivity contribution is 5.95. The number of carbonyl (C=O) groups is 1. The number of allylic oxidation sites excluding steroid dienone is 2. The van der Waals surface area contributed by atoms with Crippen LogP contribution in [0.4, 0.5) is 0 Å². The van der Waals surface area contributed by atoms with Gasteiger partial charge in [0.15, 0.2) is 5.78 Å². The summed E-state index contributed by atoms with van der Waals surface area (Å²) >= 11 is 0.